The van der Waals surface area contributed by atoms with E-state index in [0.717, 1.165) is 38.2 Å². The summed E-state index contributed by atoms with van der Waals surface area (Å²) in [5, 5.41) is 19.4. The zero-order valence-corrected chi connectivity index (χ0v) is 12.6. The monoisotopic (exact) mass is 290 g/mol. The molecule has 0 aliphatic carbocycles. The Balaban J connectivity index is 2.43. The molecule has 0 bridgehead atoms. The van der Waals surface area contributed by atoms with Crippen molar-refractivity contribution in [3.8, 4) is 11.5 Å². The summed E-state index contributed by atoms with van der Waals surface area (Å²) in [5.41, 5.74) is -0.0263. The topological polar surface area (TPSA) is 70.7 Å². The second-order valence-corrected chi connectivity index (χ2v) is 5.45. The van der Waals surface area contributed by atoms with Gasteiger partial charge in [0.15, 0.2) is 5.43 Å². The van der Waals surface area contributed by atoms with Crippen molar-refractivity contribution < 1.29 is 14.6 Å². The van der Waals surface area contributed by atoms with Crippen molar-refractivity contribution in [3.63, 3.8) is 0 Å². The van der Waals surface area contributed by atoms with E-state index in [4.69, 9.17) is 4.42 Å². The minimum atomic E-state index is -0.266. The van der Waals surface area contributed by atoms with Gasteiger partial charge >= 0.3 is 0 Å². The highest BCUT2D eigenvalue weighted by Crippen LogP contribution is 2.31. The predicted octanol–water partition coefficient (Wildman–Crippen LogP) is 4.28. The van der Waals surface area contributed by atoms with Crippen LogP contribution in [0.5, 0.6) is 11.5 Å². The normalized spacial score (nSPS) is 12.7. The highest BCUT2D eigenvalue weighted by Gasteiger charge is 2.16. The molecule has 2 rings (SSSR count). The van der Waals surface area contributed by atoms with Crippen molar-refractivity contribution in [1.29, 1.82) is 0 Å². The van der Waals surface area contributed by atoms with E-state index in [1.165, 1.54) is 12.1 Å². The Bertz CT molecular complexity index is 672. The first-order valence-electron chi connectivity index (χ1n) is 7.56. The molecule has 1 unspecified atom stereocenters. The van der Waals surface area contributed by atoms with Crippen LogP contribution >= 0.6 is 0 Å². The number of unbranched alkanes of at least 4 members (excludes halogenated alkanes) is 2. The molecule has 0 fully saturated rings. The van der Waals surface area contributed by atoms with E-state index in [1.807, 2.05) is 0 Å². The Labute approximate surface area is 124 Å². The molecular formula is C17H22O4. The van der Waals surface area contributed by atoms with Gasteiger partial charge in [-0.05, 0) is 12.8 Å². The van der Waals surface area contributed by atoms with E-state index in [-0.39, 0.29) is 33.8 Å². The fourth-order valence-corrected chi connectivity index (χ4v) is 2.66. The van der Waals surface area contributed by atoms with Crippen LogP contribution in [0.25, 0.3) is 11.0 Å². The number of benzene rings is 1. The van der Waals surface area contributed by atoms with Gasteiger partial charge in [-0.15, -0.1) is 0 Å². The van der Waals surface area contributed by atoms with Gasteiger partial charge in [-0.25, -0.2) is 0 Å². The minimum Gasteiger partial charge on any atom is -0.508 e. The summed E-state index contributed by atoms with van der Waals surface area (Å²) in [6.07, 6.45) is 5.28. The Morgan fingerprint density at radius 3 is 2.57 bits per heavy atom. The standard InChI is InChI=1S/C17H22O4/c1-3-5-6-7-11(4-2)15-10-14(20)17-13(19)8-12(18)9-16(17)21-15/h8-11,18-19H,3-7H2,1-2H3. The first-order valence-corrected chi connectivity index (χ1v) is 7.56. The molecule has 4 nitrogen and oxygen atoms in total. The molecule has 0 amide bonds. The molecule has 0 saturated heterocycles. The van der Waals surface area contributed by atoms with E-state index in [2.05, 4.69) is 13.8 Å². The summed E-state index contributed by atoms with van der Waals surface area (Å²) in [6, 6.07) is 4.00. The Morgan fingerprint density at radius 1 is 1.14 bits per heavy atom. The van der Waals surface area contributed by atoms with Crippen LogP contribution in [0.1, 0.15) is 57.6 Å². The quantitative estimate of drug-likeness (QED) is 0.779. The maximum Gasteiger partial charge on any atom is 0.196 e. The molecule has 0 spiro atoms. The smallest absolute Gasteiger partial charge is 0.196 e. The van der Waals surface area contributed by atoms with E-state index < -0.39 is 0 Å². The van der Waals surface area contributed by atoms with Crippen LogP contribution < -0.4 is 5.43 Å². The van der Waals surface area contributed by atoms with E-state index in [0.29, 0.717) is 5.76 Å². The maximum atomic E-state index is 12.2. The van der Waals surface area contributed by atoms with Crippen molar-refractivity contribution in [2.45, 2.75) is 51.9 Å². The Kier molecular flexibility index (Phi) is 4.89. The van der Waals surface area contributed by atoms with E-state index in [9.17, 15) is 15.0 Å². The molecule has 2 N–H and O–H groups in total. The molecule has 4 heteroatoms. The Morgan fingerprint density at radius 2 is 1.90 bits per heavy atom. The number of rotatable bonds is 6. The maximum absolute atomic E-state index is 12.2. The third-order valence-electron chi connectivity index (χ3n) is 3.86. The first kappa shape index (κ1) is 15.4. The average molecular weight is 290 g/mol. The number of hydrogen-bond acceptors (Lipinski definition) is 4. The third kappa shape index (κ3) is 3.38. The van der Waals surface area contributed by atoms with Gasteiger partial charge in [0.2, 0.25) is 0 Å². The van der Waals surface area contributed by atoms with Crippen LogP contribution in [-0.2, 0) is 0 Å². The van der Waals surface area contributed by atoms with Crippen LogP contribution in [0.2, 0.25) is 0 Å². The first-order chi connectivity index (χ1) is 10.1. The zero-order chi connectivity index (χ0) is 15.4. The van der Waals surface area contributed by atoms with Gasteiger partial charge in [-0.3, -0.25) is 4.79 Å². The van der Waals surface area contributed by atoms with E-state index >= 15 is 0 Å². The summed E-state index contributed by atoms with van der Waals surface area (Å²) >= 11 is 0. The number of hydrogen-bond donors (Lipinski definition) is 2. The third-order valence-corrected chi connectivity index (χ3v) is 3.86. The molecular weight excluding hydrogens is 268 g/mol. The van der Waals surface area contributed by atoms with Crippen LogP contribution in [0, 0.1) is 0 Å². The van der Waals surface area contributed by atoms with Gasteiger partial charge < -0.3 is 14.6 Å². The van der Waals surface area contributed by atoms with Gasteiger partial charge in [-0.2, -0.15) is 0 Å². The van der Waals surface area contributed by atoms with Gasteiger partial charge in [0.1, 0.15) is 28.2 Å². The van der Waals surface area contributed by atoms with Crippen molar-refractivity contribution in [3.05, 3.63) is 34.2 Å². The SMILES string of the molecule is CCCCCC(CC)c1cc(=O)c2c(O)cc(O)cc2o1. The van der Waals surface area contributed by atoms with Crippen LogP contribution in [0.15, 0.2) is 27.4 Å². The second-order valence-electron chi connectivity index (χ2n) is 5.45. The predicted molar refractivity (Wildman–Crippen MR) is 83.0 cm³/mol. The number of aromatic hydroxyl groups is 2. The lowest BCUT2D eigenvalue weighted by atomic mass is 9.95. The molecule has 1 aromatic heterocycles. The molecule has 0 radical (unpaired) electrons. The minimum absolute atomic E-state index is 0.112. The molecule has 21 heavy (non-hydrogen) atoms. The molecule has 1 heterocycles. The molecule has 2 aromatic rings. The number of phenolic OH excluding ortho intramolecular Hbond substituents is 2. The fraction of sp³-hybridized carbons (Fsp3) is 0.471. The van der Waals surface area contributed by atoms with Crippen LogP contribution in [-0.4, -0.2) is 10.2 Å². The van der Waals surface area contributed by atoms with Crippen LogP contribution in [0.4, 0.5) is 0 Å². The summed E-state index contributed by atoms with van der Waals surface area (Å²) in [7, 11) is 0. The van der Waals surface area contributed by atoms with Gasteiger partial charge in [-0.1, -0.05) is 33.1 Å². The molecule has 0 saturated carbocycles. The van der Waals surface area contributed by atoms with Crippen molar-refractivity contribution in [2.75, 3.05) is 0 Å². The fourth-order valence-electron chi connectivity index (χ4n) is 2.66. The zero-order valence-electron chi connectivity index (χ0n) is 12.6. The summed E-state index contributed by atoms with van der Waals surface area (Å²) in [4.78, 5) is 12.2. The lowest BCUT2D eigenvalue weighted by Gasteiger charge is -2.14. The average Bonchev–Trinajstić information content (AvgIpc) is 2.42. The molecule has 1 atom stereocenters. The largest absolute Gasteiger partial charge is 0.508 e. The van der Waals surface area contributed by atoms with Crippen molar-refractivity contribution in [2.24, 2.45) is 0 Å². The molecule has 0 aliphatic rings. The molecule has 0 aliphatic heterocycles. The van der Waals surface area contributed by atoms with Crippen LogP contribution in [0.3, 0.4) is 0 Å². The van der Waals surface area contributed by atoms with Gasteiger partial charge in [0.25, 0.3) is 0 Å². The summed E-state index contributed by atoms with van der Waals surface area (Å²) < 4.78 is 5.77. The number of phenols is 2. The van der Waals surface area contributed by atoms with Crippen molar-refractivity contribution >= 4 is 11.0 Å². The lowest BCUT2D eigenvalue weighted by Crippen LogP contribution is -2.06. The van der Waals surface area contributed by atoms with Gasteiger partial charge in [0.05, 0.1) is 0 Å². The highest BCUT2D eigenvalue weighted by molar-refractivity contribution is 5.84. The Hall–Kier alpha value is -1.97. The number of fused-ring (bicyclic) bond motifs is 1. The van der Waals surface area contributed by atoms with E-state index in [1.54, 1.807) is 0 Å². The lowest BCUT2D eigenvalue weighted by molar-refractivity contribution is 0.430. The summed E-state index contributed by atoms with van der Waals surface area (Å²) in [5.74, 6) is 0.470. The van der Waals surface area contributed by atoms with Gasteiger partial charge in [0, 0.05) is 24.1 Å². The van der Waals surface area contributed by atoms with Crippen molar-refractivity contribution in [1.82, 2.24) is 0 Å². The second kappa shape index (κ2) is 6.66. The summed E-state index contributed by atoms with van der Waals surface area (Å²) in [6.45, 7) is 4.23. The molecule has 114 valence electrons. The highest BCUT2D eigenvalue weighted by atomic mass is 16.3. The molecule has 1 aromatic carbocycles.